The van der Waals surface area contributed by atoms with Crippen LogP contribution in [0.3, 0.4) is 0 Å². The highest BCUT2D eigenvalue weighted by Crippen LogP contribution is 2.59. The lowest BCUT2D eigenvalue weighted by Crippen LogP contribution is -2.81. The Labute approximate surface area is 98.6 Å². The number of hydrogen-bond acceptors (Lipinski definition) is 4. The minimum Gasteiger partial charge on any atom is -0.342 e. The summed E-state index contributed by atoms with van der Waals surface area (Å²) >= 11 is 0. The Morgan fingerprint density at radius 2 is 1.38 bits per heavy atom. The molecular formula is C11H20NO3P. The first-order chi connectivity index (χ1) is 7.23. The van der Waals surface area contributed by atoms with E-state index in [0.717, 1.165) is 12.8 Å². The molecule has 4 heterocycles. The zero-order valence-corrected chi connectivity index (χ0v) is 11.4. The van der Waals surface area contributed by atoms with Crippen molar-refractivity contribution in [3.8, 4) is 0 Å². The van der Waals surface area contributed by atoms with Crippen molar-refractivity contribution >= 4 is 9.39 Å². The predicted molar refractivity (Wildman–Crippen MR) is 62.7 cm³/mol. The molecule has 4 aliphatic rings. The molecular weight excluding hydrogens is 225 g/mol. The molecule has 4 fully saturated rings. The average Bonchev–Trinajstić information content (AvgIpc) is 1.92. The lowest BCUT2D eigenvalue weighted by Gasteiger charge is -2.69. The third kappa shape index (κ3) is 1.28. The molecule has 16 heavy (non-hydrogen) atoms. The summed E-state index contributed by atoms with van der Waals surface area (Å²) < 4.78 is 18.3. The molecule has 5 atom stereocenters. The van der Waals surface area contributed by atoms with E-state index >= 15 is 0 Å². The second-order valence-electron chi connectivity index (χ2n) is 6.15. The van der Waals surface area contributed by atoms with E-state index in [1.807, 2.05) is 13.8 Å². The molecule has 0 spiro atoms. The highest BCUT2D eigenvalue weighted by molar-refractivity contribution is 7.13. The van der Waals surface area contributed by atoms with Crippen molar-refractivity contribution in [1.82, 2.24) is 5.09 Å². The van der Waals surface area contributed by atoms with Gasteiger partial charge in [0.1, 0.15) is 0 Å². The van der Waals surface area contributed by atoms with Crippen molar-refractivity contribution in [2.75, 3.05) is 0 Å². The van der Waals surface area contributed by atoms with E-state index in [4.69, 9.17) is 14.2 Å². The van der Waals surface area contributed by atoms with Gasteiger partial charge in [0.25, 0.3) is 0 Å². The lowest BCUT2D eigenvalue weighted by molar-refractivity contribution is -0.517. The van der Waals surface area contributed by atoms with E-state index < -0.39 is 11.6 Å². The fraction of sp³-hybridized carbons (Fsp3) is 1.00. The van der Waals surface area contributed by atoms with Crippen molar-refractivity contribution in [2.45, 2.75) is 69.4 Å². The van der Waals surface area contributed by atoms with Crippen LogP contribution in [0.1, 0.15) is 40.5 Å². The Morgan fingerprint density at radius 1 is 0.938 bits per heavy atom. The van der Waals surface area contributed by atoms with Crippen LogP contribution in [0.15, 0.2) is 0 Å². The van der Waals surface area contributed by atoms with Crippen LogP contribution in [0.5, 0.6) is 0 Å². The van der Waals surface area contributed by atoms with Crippen LogP contribution in [0, 0.1) is 0 Å². The van der Waals surface area contributed by atoms with Crippen LogP contribution in [0.25, 0.3) is 0 Å². The van der Waals surface area contributed by atoms with Gasteiger partial charge in [-0.3, -0.25) is 5.09 Å². The molecule has 4 aliphatic heterocycles. The normalized spacial score (nSPS) is 63.9. The van der Waals surface area contributed by atoms with Crippen LogP contribution < -0.4 is 5.09 Å². The van der Waals surface area contributed by atoms with Crippen molar-refractivity contribution in [3.63, 3.8) is 0 Å². The third-order valence-corrected chi connectivity index (χ3v) is 4.40. The van der Waals surface area contributed by atoms with Gasteiger partial charge in [0.05, 0.1) is 17.2 Å². The standard InChI is InChI=1S/C11H20NO3P/c1-8-5-10(3)14-9(2,7(8)12-16)6-11(4,13-8)15-10/h7,12H,5-6,16H2,1-4H3. The lowest BCUT2D eigenvalue weighted by atomic mass is 9.69. The molecule has 0 aliphatic carbocycles. The van der Waals surface area contributed by atoms with Gasteiger partial charge < -0.3 is 14.2 Å². The molecule has 5 heteroatoms. The average molecular weight is 245 g/mol. The Hall–Kier alpha value is 0.270. The topological polar surface area (TPSA) is 39.7 Å². The Bertz CT molecular complexity index is 304. The minimum absolute atomic E-state index is 0.176. The summed E-state index contributed by atoms with van der Waals surface area (Å²) in [6, 6.07) is 0.176. The first kappa shape index (κ1) is 11.4. The van der Waals surface area contributed by atoms with Gasteiger partial charge >= 0.3 is 0 Å². The van der Waals surface area contributed by atoms with E-state index in [1.165, 1.54) is 0 Å². The summed E-state index contributed by atoms with van der Waals surface area (Å²) in [6.07, 6.45) is 1.52. The van der Waals surface area contributed by atoms with Gasteiger partial charge in [-0.05, 0) is 27.7 Å². The maximum absolute atomic E-state index is 6.15. The zero-order valence-electron chi connectivity index (χ0n) is 10.3. The predicted octanol–water partition coefficient (Wildman–Crippen LogP) is 1.56. The SMILES string of the molecule is CC12CC3(C)OC(C)(CC(C)(O1)C3NP)O2. The monoisotopic (exact) mass is 245 g/mol. The summed E-state index contributed by atoms with van der Waals surface area (Å²) in [5.74, 6) is -1.01. The first-order valence-corrected chi connectivity index (χ1v) is 6.37. The molecule has 0 saturated carbocycles. The number of ether oxygens (including phenoxy) is 3. The molecule has 92 valence electrons. The van der Waals surface area contributed by atoms with Gasteiger partial charge in [0.2, 0.25) is 0 Å². The van der Waals surface area contributed by atoms with Gasteiger partial charge in [-0.15, -0.1) is 0 Å². The summed E-state index contributed by atoms with van der Waals surface area (Å²) in [5.41, 5.74) is -0.455. The van der Waals surface area contributed by atoms with E-state index in [1.54, 1.807) is 0 Å². The summed E-state index contributed by atoms with van der Waals surface area (Å²) in [5, 5.41) is 3.27. The molecule has 5 unspecified atom stereocenters. The molecule has 0 aromatic carbocycles. The number of hydrogen-bond donors (Lipinski definition) is 1. The van der Waals surface area contributed by atoms with Crippen LogP contribution in [0.4, 0.5) is 0 Å². The van der Waals surface area contributed by atoms with Crippen LogP contribution in [-0.4, -0.2) is 28.8 Å². The highest BCUT2D eigenvalue weighted by atomic mass is 31.0. The van der Waals surface area contributed by atoms with E-state index in [0.29, 0.717) is 0 Å². The smallest absolute Gasteiger partial charge is 0.172 e. The second-order valence-corrected chi connectivity index (χ2v) is 6.49. The second kappa shape index (κ2) is 2.81. The molecule has 0 radical (unpaired) electrons. The minimum atomic E-state index is -0.507. The molecule has 0 aromatic rings. The third-order valence-electron chi connectivity index (χ3n) is 4.06. The number of rotatable bonds is 1. The van der Waals surface area contributed by atoms with Gasteiger partial charge in [-0.2, -0.15) is 0 Å². The maximum Gasteiger partial charge on any atom is 0.172 e. The zero-order chi connectivity index (χ0) is 11.8. The number of nitrogens with one attached hydrogen (secondary N) is 1. The van der Waals surface area contributed by atoms with Crippen molar-refractivity contribution in [2.24, 2.45) is 0 Å². The first-order valence-electron chi connectivity index (χ1n) is 5.79. The van der Waals surface area contributed by atoms with E-state index in [9.17, 15) is 0 Å². The Morgan fingerprint density at radius 3 is 1.75 bits per heavy atom. The fourth-order valence-electron chi connectivity index (χ4n) is 4.30. The quantitative estimate of drug-likeness (QED) is 0.712. The van der Waals surface area contributed by atoms with E-state index in [2.05, 4.69) is 28.3 Å². The van der Waals surface area contributed by atoms with E-state index in [-0.39, 0.29) is 17.2 Å². The summed E-state index contributed by atoms with van der Waals surface area (Å²) in [6.45, 7) is 8.33. The molecule has 4 rings (SSSR count). The molecule has 4 bridgehead atoms. The van der Waals surface area contributed by atoms with Gasteiger partial charge in [-0.1, -0.05) is 9.39 Å². The molecule has 4 saturated heterocycles. The largest absolute Gasteiger partial charge is 0.342 e. The molecule has 1 N–H and O–H groups in total. The van der Waals surface area contributed by atoms with Crippen LogP contribution in [0.2, 0.25) is 0 Å². The highest BCUT2D eigenvalue weighted by Gasteiger charge is 2.70. The van der Waals surface area contributed by atoms with Crippen molar-refractivity contribution < 1.29 is 14.2 Å². The van der Waals surface area contributed by atoms with Crippen LogP contribution in [-0.2, 0) is 14.2 Å². The fourth-order valence-corrected chi connectivity index (χ4v) is 5.00. The van der Waals surface area contributed by atoms with Crippen LogP contribution >= 0.6 is 9.39 Å². The van der Waals surface area contributed by atoms with Crippen molar-refractivity contribution in [3.05, 3.63) is 0 Å². The van der Waals surface area contributed by atoms with Gasteiger partial charge in [-0.25, -0.2) is 0 Å². The molecule has 4 nitrogen and oxygen atoms in total. The molecule has 0 aromatic heterocycles. The summed E-state index contributed by atoms with van der Waals surface area (Å²) in [7, 11) is 2.59. The van der Waals surface area contributed by atoms with Crippen molar-refractivity contribution in [1.29, 1.82) is 0 Å². The summed E-state index contributed by atoms with van der Waals surface area (Å²) in [4.78, 5) is 0. The Balaban J connectivity index is 2.10. The molecule has 0 amide bonds. The Kier molecular flexibility index (Phi) is 2.00. The maximum atomic E-state index is 6.15. The van der Waals surface area contributed by atoms with Gasteiger partial charge in [0.15, 0.2) is 11.6 Å². The van der Waals surface area contributed by atoms with Gasteiger partial charge in [0, 0.05) is 12.8 Å².